The summed E-state index contributed by atoms with van der Waals surface area (Å²) in [5.74, 6) is -0.243. The van der Waals surface area contributed by atoms with E-state index in [4.69, 9.17) is 5.73 Å². The molecule has 0 amide bonds. The summed E-state index contributed by atoms with van der Waals surface area (Å²) in [6.07, 6.45) is 0. The molecule has 0 aliphatic carbocycles. The first-order valence-corrected chi connectivity index (χ1v) is 7.99. The van der Waals surface area contributed by atoms with Crippen LogP contribution in [0.4, 0.5) is 21.5 Å². The second kappa shape index (κ2) is 6.87. The van der Waals surface area contributed by atoms with Gasteiger partial charge >= 0.3 is 0 Å². The third-order valence-corrected chi connectivity index (χ3v) is 4.23. The molecule has 5 heteroatoms. The van der Waals surface area contributed by atoms with E-state index < -0.39 is 0 Å². The number of nitrogen functional groups attached to an aromatic ring is 1. The zero-order valence-electron chi connectivity index (χ0n) is 13.4. The number of aryl methyl sites for hydroxylation is 1. The molecule has 2 aromatic carbocycles. The number of halogens is 1. The van der Waals surface area contributed by atoms with Crippen LogP contribution in [0, 0.1) is 12.7 Å². The minimum atomic E-state index is -0.243. The molecule has 0 bridgehead atoms. The van der Waals surface area contributed by atoms with Gasteiger partial charge in [-0.25, -0.2) is 4.39 Å². The van der Waals surface area contributed by atoms with Crippen LogP contribution in [0.5, 0.6) is 0 Å². The number of nitrogens with zero attached hydrogens (tertiary/aromatic N) is 1. The summed E-state index contributed by atoms with van der Waals surface area (Å²) in [5.41, 5.74) is 10.2. The smallest absolute Gasteiger partial charge is 0.149 e. The quantitative estimate of drug-likeness (QED) is 0.760. The lowest BCUT2D eigenvalue weighted by molar-refractivity contribution is 0.567. The third-order valence-electron chi connectivity index (χ3n) is 4.23. The number of nitrogens with one attached hydrogen (secondary N) is 2. The first-order chi connectivity index (χ1) is 11.2. The van der Waals surface area contributed by atoms with Gasteiger partial charge in [0, 0.05) is 32.7 Å². The zero-order valence-corrected chi connectivity index (χ0v) is 13.4. The summed E-state index contributed by atoms with van der Waals surface area (Å²) in [4.78, 5) is 2.02. The van der Waals surface area contributed by atoms with Gasteiger partial charge < -0.3 is 21.3 Å². The number of rotatable bonds is 4. The van der Waals surface area contributed by atoms with Crippen molar-refractivity contribution in [1.82, 2.24) is 5.32 Å². The van der Waals surface area contributed by atoms with Crippen molar-refractivity contribution in [2.24, 2.45) is 0 Å². The van der Waals surface area contributed by atoms with Gasteiger partial charge in [-0.05, 0) is 24.1 Å². The van der Waals surface area contributed by atoms with Crippen LogP contribution in [0.2, 0.25) is 0 Å². The Morgan fingerprint density at radius 1 is 1.22 bits per heavy atom. The van der Waals surface area contributed by atoms with Gasteiger partial charge in [0.2, 0.25) is 0 Å². The van der Waals surface area contributed by atoms with Crippen LogP contribution in [-0.2, 0) is 6.54 Å². The Hall–Kier alpha value is -2.27. The zero-order chi connectivity index (χ0) is 16.2. The maximum atomic E-state index is 14.5. The molecule has 122 valence electrons. The summed E-state index contributed by atoms with van der Waals surface area (Å²) >= 11 is 0. The largest absolute Gasteiger partial charge is 0.395 e. The van der Waals surface area contributed by atoms with Crippen molar-refractivity contribution < 1.29 is 4.39 Å². The molecule has 0 radical (unpaired) electrons. The van der Waals surface area contributed by atoms with E-state index >= 15 is 0 Å². The average Bonchev–Trinajstić information content (AvgIpc) is 2.56. The molecule has 4 nitrogen and oxygen atoms in total. The van der Waals surface area contributed by atoms with Gasteiger partial charge in [-0.15, -0.1) is 0 Å². The molecule has 1 aliphatic heterocycles. The molecule has 1 saturated heterocycles. The Morgan fingerprint density at radius 2 is 1.91 bits per heavy atom. The van der Waals surface area contributed by atoms with E-state index in [1.54, 1.807) is 6.07 Å². The molecule has 0 aromatic heterocycles. The van der Waals surface area contributed by atoms with Gasteiger partial charge in [-0.3, -0.25) is 0 Å². The molecule has 0 unspecified atom stereocenters. The number of piperazine rings is 1. The van der Waals surface area contributed by atoms with Crippen LogP contribution in [-0.4, -0.2) is 26.2 Å². The molecule has 0 saturated carbocycles. The SMILES string of the molecule is Cc1cc(F)c(N2CCNCC2)c(N)c1NCc1ccccc1. The lowest BCUT2D eigenvalue weighted by atomic mass is 10.1. The highest BCUT2D eigenvalue weighted by atomic mass is 19.1. The minimum Gasteiger partial charge on any atom is -0.395 e. The average molecular weight is 314 g/mol. The first-order valence-electron chi connectivity index (χ1n) is 7.99. The Bertz CT molecular complexity index is 666. The fraction of sp³-hybridized carbons (Fsp3) is 0.333. The molecular weight excluding hydrogens is 291 g/mol. The van der Waals surface area contributed by atoms with Crippen LogP contribution in [0.3, 0.4) is 0 Å². The Kier molecular flexibility index (Phi) is 4.67. The highest BCUT2D eigenvalue weighted by Gasteiger charge is 2.21. The van der Waals surface area contributed by atoms with E-state index in [-0.39, 0.29) is 5.82 Å². The van der Waals surface area contributed by atoms with Gasteiger partial charge in [0.05, 0.1) is 17.1 Å². The molecule has 2 aromatic rings. The highest BCUT2D eigenvalue weighted by molar-refractivity contribution is 5.84. The molecule has 3 rings (SSSR count). The molecule has 1 aliphatic rings. The number of hydrogen-bond acceptors (Lipinski definition) is 4. The lowest BCUT2D eigenvalue weighted by Gasteiger charge is -2.31. The second-order valence-electron chi connectivity index (χ2n) is 5.89. The van der Waals surface area contributed by atoms with E-state index in [1.807, 2.05) is 30.0 Å². The fourth-order valence-corrected chi connectivity index (χ4v) is 3.02. The molecule has 1 fully saturated rings. The Labute approximate surface area is 136 Å². The summed E-state index contributed by atoms with van der Waals surface area (Å²) in [6, 6.07) is 11.7. The summed E-state index contributed by atoms with van der Waals surface area (Å²) < 4.78 is 14.5. The highest BCUT2D eigenvalue weighted by Crippen LogP contribution is 2.36. The van der Waals surface area contributed by atoms with Crippen LogP contribution < -0.4 is 21.3 Å². The predicted octanol–water partition coefficient (Wildman–Crippen LogP) is 2.74. The first kappa shape index (κ1) is 15.6. The number of benzene rings is 2. The number of anilines is 3. The second-order valence-corrected chi connectivity index (χ2v) is 5.89. The standard InChI is InChI=1S/C18H23FN4/c1-13-11-15(19)18(23-9-7-21-8-10-23)16(20)17(13)22-12-14-5-3-2-4-6-14/h2-6,11,21-22H,7-10,12,20H2,1H3. The van der Waals surface area contributed by atoms with Crippen molar-refractivity contribution in [2.45, 2.75) is 13.5 Å². The van der Waals surface area contributed by atoms with E-state index in [1.165, 1.54) is 5.56 Å². The maximum Gasteiger partial charge on any atom is 0.149 e. The Balaban J connectivity index is 1.87. The topological polar surface area (TPSA) is 53.3 Å². The molecule has 23 heavy (non-hydrogen) atoms. The fourth-order valence-electron chi connectivity index (χ4n) is 3.02. The van der Waals surface area contributed by atoms with Gasteiger partial charge in [-0.1, -0.05) is 30.3 Å². The third kappa shape index (κ3) is 3.40. The van der Waals surface area contributed by atoms with Crippen LogP contribution in [0.25, 0.3) is 0 Å². The van der Waals surface area contributed by atoms with Gasteiger partial charge in [-0.2, -0.15) is 0 Å². The monoisotopic (exact) mass is 314 g/mol. The molecule has 0 spiro atoms. The summed E-state index contributed by atoms with van der Waals surface area (Å²) in [6.45, 7) is 5.77. The number of hydrogen-bond donors (Lipinski definition) is 3. The van der Waals surface area contributed by atoms with Crippen molar-refractivity contribution >= 4 is 17.1 Å². The van der Waals surface area contributed by atoms with E-state index in [2.05, 4.69) is 22.8 Å². The van der Waals surface area contributed by atoms with Gasteiger partial charge in [0.1, 0.15) is 5.82 Å². The van der Waals surface area contributed by atoms with E-state index in [0.717, 1.165) is 37.4 Å². The minimum absolute atomic E-state index is 0.243. The summed E-state index contributed by atoms with van der Waals surface area (Å²) in [5, 5.41) is 6.65. The maximum absolute atomic E-state index is 14.5. The van der Waals surface area contributed by atoms with Crippen molar-refractivity contribution in [3.63, 3.8) is 0 Å². The van der Waals surface area contributed by atoms with E-state index in [0.29, 0.717) is 17.9 Å². The van der Waals surface area contributed by atoms with Crippen molar-refractivity contribution in [1.29, 1.82) is 0 Å². The van der Waals surface area contributed by atoms with Crippen molar-refractivity contribution in [2.75, 3.05) is 42.1 Å². The van der Waals surface area contributed by atoms with E-state index in [9.17, 15) is 4.39 Å². The molecule has 4 N–H and O–H groups in total. The molecular formula is C18H23FN4. The van der Waals surface area contributed by atoms with Gasteiger partial charge in [0.15, 0.2) is 0 Å². The van der Waals surface area contributed by atoms with Crippen LogP contribution in [0.15, 0.2) is 36.4 Å². The molecule has 1 heterocycles. The van der Waals surface area contributed by atoms with Crippen molar-refractivity contribution in [3.8, 4) is 0 Å². The Morgan fingerprint density at radius 3 is 2.61 bits per heavy atom. The predicted molar refractivity (Wildman–Crippen MR) is 94.4 cm³/mol. The summed E-state index contributed by atoms with van der Waals surface area (Å²) in [7, 11) is 0. The van der Waals surface area contributed by atoms with Crippen LogP contribution >= 0.6 is 0 Å². The van der Waals surface area contributed by atoms with Crippen LogP contribution in [0.1, 0.15) is 11.1 Å². The number of nitrogens with two attached hydrogens (primary N) is 1. The molecule has 0 atom stereocenters. The normalized spacial score (nSPS) is 14.8. The lowest BCUT2D eigenvalue weighted by Crippen LogP contribution is -2.44. The van der Waals surface area contributed by atoms with Crippen molar-refractivity contribution in [3.05, 3.63) is 53.3 Å². The van der Waals surface area contributed by atoms with Gasteiger partial charge in [0.25, 0.3) is 0 Å².